The highest BCUT2D eigenvalue weighted by molar-refractivity contribution is 5.44. The van der Waals surface area contributed by atoms with Gasteiger partial charge in [0.15, 0.2) is 0 Å². The van der Waals surface area contributed by atoms with Crippen LogP contribution in [0.4, 0.5) is 0 Å². The third kappa shape index (κ3) is 3.39. The predicted molar refractivity (Wildman–Crippen MR) is 74.8 cm³/mol. The normalized spacial score (nSPS) is 20.5. The Balaban J connectivity index is 2.18. The first-order valence-corrected chi connectivity index (χ1v) is 6.79. The van der Waals surface area contributed by atoms with E-state index in [0.717, 1.165) is 17.9 Å². The van der Waals surface area contributed by atoms with E-state index in [1.807, 2.05) is 19.2 Å². The third-order valence-corrected chi connectivity index (χ3v) is 3.36. The maximum absolute atomic E-state index is 8.76. The van der Waals surface area contributed by atoms with E-state index in [0.29, 0.717) is 19.1 Å². The largest absolute Gasteiger partial charge is 0.493 e. The van der Waals surface area contributed by atoms with Gasteiger partial charge in [-0.1, -0.05) is 6.07 Å². The molecule has 1 aromatic rings. The molecule has 2 rings (SSSR count). The van der Waals surface area contributed by atoms with Crippen LogP contribution in [-0.4, -0.2) is 31.0 Å². The lowest BCUT2D eigenvalue weighted by Crippen LogP contribution is -2.38. The van der Waals surface area contributed by atoms with Gasteiger partial charge in [0.2, 0.25) is 0 Å². The van der Waals surface area contributed by atoms with Crippen LogP contribution in [0.1, 0.15) is 38.3 Å². The first-order chi connectivity index (χ1) is 9.05. The standard InChI is InChI=1S/C15H23NO3/c1-15(2)10-13(16-3)12-6-5-11(9-14(12)19-15)18-8-4-7-17/h5-6,9,13,16-17H,4,7-8,10H2,1-3H3. The molecule has 0 amide bonds. The first-order valence-electron chi connectivity index (χ1n) is 6.79. The summed E-state index contributed by atoms with van der Waals surface area (Å²) in [5, 5.41) is 12.1. The highest BCUT2D eigenvalue weighted by atomic mass is 16.5. The molecular formula is C15H23NO3. The number of hydrogen-bond acceptors (Lipinski definition) is 4. The molecular weight excluding hydrogens is 242 g/mol. The van der Waals surface area contributed by atoms with Gasteiger partial charge in [0.1, 0.15) is 17.1 Å². The minimum atomic E-state index is -0.176. The van der Waals surface area contributed by atoms with E-state index in [1.165, 1.54) is 5.56 Å². The molecule has 1 unspecified atom stereocenters. The van der Waals surface area contributed by atoms with Gasteiger partial charge in [0.05, 0.1) is 6.61 Å². The van der Waals surface area contributed by atoms with E-state index in [2.05, 4.69) is 25.2 Å². The molecule has 1 aliphatic heterocycles. The number of aliphatic hydroxyl groups is 1. The Hall–Kier alpha value is -1.26. The Kier molecular flexibility index (Phi) is 4.32. The molecule has 0 spiro atoms. The third-order valence-electron chi connectivity index (χ3n) is 3.36. The van der Waals surface area contributed by atoms with E-state index in [1.54, 1.807) is 0 Å². The second kappa shape index (κ2) is 5.80. The summed E-state index contributed by atoms with van der Waals surface area (Å²) in [6, 6.07) is 6.27. The minimum Gasteiger partial charge on any atom is -0.493 e. The molecule has 1 aliphatic rings. The van der Waals surface area contributed by atoms with Crippen molar-refractivity contribution in [1.29, 1.82) is 0 Å². The number of ether oxygens (including phenoxy) is 2. The molecule has 4 heteroatoms. The van der Waals surface area contributed by atoms with Crippen LogP contribution in [0.15, 0.2) is 18.2 Å². The smallest absolute Gasteiger partial charge is 0.128 e. The molecule has 0 saturated carbocycles. The SMILES string of the molecule is CNC1CC(C)(C)Oc2cc(OCCCO)ccc21. The zero-order valence-corrected chi connectivity index (χ0v) is 11.9. The molecule has 4 nitrogen and oxygen atoms in total. The predicted octanol–water partition coefficient (Wildman–Crippen LogP) is 2.27. The van der Waals surface area contributed by atoms with Gasteiger partial charge in [-0.05, 0) is 27.0 Å². The molecule has 2 N–H and O–H groups in total. The second-order valence-corrected chi connectivity index (χ2v) is 5.53. The van der Waals surface area contributed by atoms with Crippen LogP contribution in [-0.2, 0) is 0 Å². The van der Waals surface area contributed by atoms with E-state index >= 15 is 0 Å². The Labute approximate surface area is 114 Å². The van der Waals surface area contributed by atoms with Crippen LogP contribution in [0.25, 0.3) is 0 Å². The topological polar surface area (TPSA) is 50.7 Å². The average Bonchev–Trinajstić information content (AvgIpc) is 2.36. The zero-order chi connectivity index (χ0) is 13.9. The lowest BCUT2D eigenvalue weighted by atomic mass is 9.90. The average molecular weight is 265 g/mol. The Morgan fingerprint density at radius 1 is 1.47 bits per heavy atom. The first kappa shape index (κ1) is 14.2. The molecule has 1 heterocycles. The van der Waals surface area contributed by atoms with Crippen LogP contribution in [0, 0.1) is 0 Å². The van der Waals surface area contributed by atoms with Crippen LogP contribution in [0.5, 0.6) is 11.5 Å². The van der Waals surface area contributed by atoms with Crippen LogP contribution in [0.2, 0.25) is 0 Å². The van der Waals surface area contributed by atoms with Gasteiger partial charge in [-0.2, -0.15) is 0 Å². The Morgan fingerprint density at radius 3 is 2.95 bits per heavy atom. The maximum atomic E-state index is 8.76. The van der Waals surface area contributed by atoms with Crippen molar-refractivity contribution in [3.63, 3.8) is 0 Å². The van der Waals surface area contributed by atoms with Gasteiger partial charge in [-0.25, -0.2) is 0 Å². The lowest BCUT2D eigenvalue weighted by molar-refractivity contribution is 0.0671. The number of aliphatic hydroxyl groups excluding tert-OH is 1. The van der Waals surface area contributed by atoms with Crippen molar-refractivity contribution in [2.75, 3.05) is 20.3 Å². The number of rotatable bonds is 5. The van der Waals surface area contributed by atoms with Crippen molar-refractivity contribution in [1.82, 2.24) is 5.32 Å². The number of benzene rings is 1. The quantitative estimate of drug-likeness (QED) is 0.802. The van der Waals surface area contributed by atoms with Crippen LogP contribution in [0.3, 0.4) is 0 Å². The molecule has 0 radical (unpaired) electrons. The fourth-order valence-corrected chi connectivity index (χ4v) is 2.43. The van der Waals surface area contributed by atoms with Gasteiger partial charge >= 0.3 is 0 Å². The van der Waals surface area contributed by atoms with E-state index in [-0.39, 0.29) is 12.2 Å². The zero-order valence-electron chi connectivity index (χ0n) is 11.9. The molecule has 0 fully saturated rings. The van der Waals surface area contributed by atoms with Crippen molar-refractivity contribution in [2.45, 2.75) is 38.3 Å². The molecule has 1 atom stereocenters. The van der Waals surface area contributed by atoms with E-state index < -0.39 is 0 Å². The monoisotopic (exact) mass is 265 g/mol. The summed E-state index contributed by atoms with van der Waals surface area (Å²) in [4.78, 5) is 0. The second-order valence-electron chi connectivity index (χ2n) is 5.53. The van der Waals surface area contributed by atoms with Crippen molar-refractivity contribution in [2.24, 2.45) is 0 Å². The molecule has 0 aliphatic carbocycles. The fraction of sp³-hybridized carbons (Fsp3) is 0.600. The summed E-state index contributed by atoms with van der Waals surface area (Å²) >= 11 is 0. The molecule has 0 bridgehead atoms. The highest BCUT2D eigenvalue weighted by Gasteiger charge is 2.33. The molecule has 0 aromatic heterocycles. The van der Waals surface area contributed by atoms with Crippen molar-refractivity contribution < 1.29 is 14.6 Å². The van der Waals surface area contributed by atoms with Gasteiger partial charge in [-0.3, -0.25) is 0 Å². The Morgan fingerprint density at radius 2 is 2.26 bits per heavy atom. The summed E-state index contributed by atoms with van der Waals surface area (Å²) < 4.78 is 11.6. The number of fused-ring (bicyclic) bond motifs is 1. The summed E-state index contributed by atoms with van der Waals surface area (Å²) in [6.45, 7) is 4.86. The van der Waals surface area contributed by atoms with Crippen molar-refractivity contribution in [3.05, 3.63) is 23.8 Å². The summed E-state index contributed by atoms with van der Waals surface area (Å²) in [5.74, 6) is 1.68. The van der Waals surface area contributed by atoms with Crippen LogP contribution < -0.4 is 14.8 Å². The number of nitrogens with one attached hydrogen (secondary N) is 1. The fourth-order valence-electron chi connectivity index (χ4n) is 2.43. The van der Waals surface area contributed by atoms with Gasteiger partial charge < -0.3 is 19.9 Å². The Bertz CT molecular complexity index is 431. The summed E-state index contributed by atoms with van der Waals surface area (Å²) in [5.41, 5.74) is 1.00. The highest BCUT2D eigenvalue weighted by Crippen LogP contribution is 2.40. The van der Waals surface area contributed by atoms with E-state index in [9.17, 15) is 0 Å². The minimum absolute atomic E-state index is 0.149. The van der Waals surface area contributed by atoms with Gasteiger partial charge in [0.25, 0.3) is 0 Å². The molecule has 0 saturated heterocycles. The lowest BCUT2D eigenvalue weighted by Gasteiger charge is -2.37. The summed E-state index contributed by atoms with van der Waals surface area (Å²) in [7, 11) is 1.97. The maximum Gasteiger partial charge on any atom is 0.128 e. The molecule has 106 valence electrons. The van der Waals surface area contributed by atoms with Gasteiger partial charge in [0, 0.05) is 37.1 Å². The summed E-state index contributed by atoms with van der Waals surface area (Å²) in [6.07, 6.45) is 1.59. The molecule has 19 heavy (non-hydrogen) atoms. The van der Waals surface area contributed by atoms with E-state index in [4.69, 9.17) is 14.6 Å². The van der Waals surface area contributed by atoms with Gasteiger partial charge in [-0.15, -0.1) is 0 Å². The van der Waals surface area contributed by atoms with Crippen molar-refractivity contribution >= 4 is 0 Å². The van der Waals surface area contributed by atoms with Crippen LogP contribution >= 0.6 is 0 Å². The van der Waals surface area contributed by atoms with Crippen molar-refractivity contribution in [3.8, 4) is 11.5 Å². The number of hydrogen-bond donors (Lipinski definition) is 2. The molecule has 1 aromatic carbocycles.